The summed E-state index contributed by atoms with van der Waals surface area (Å²) in [5.41, 5.74) is 0.458. The maximum atomic E-state index is 13.1. The Morgan fingerprint density at radius 2 is 2.29 bits per heavy atom. The molecule has 1 rings (SSSR count). The molecule has 1 aromatic carbocycles. The highest BCUT2D eigenvalue weighted by Gasteiger charge is 2.03. The quantitative estimate of drug-likeness (QED) is 0.571. The van der Waals surface area contributed by atoms with E-state index < -0.39 is 11.8 Å². The summed E-state index contributed by atoms with van der Waals surface area (Å²) in [5.74, 6) is 0.604. The monoisotopic (exact) mass is 190 g/mol. The molecule has 0 saturated carbocycles. The lowest BCUT2D eigenvalue weighted by atomic mass is 10.1. The predicted molar refractivity (Wildman–Crippen MR) is 51.0 cm³/mol. The van der Waals surface area contributed by atoms with Crippen LogP contribution in [0.5, 0.6) is 0 Å². The largest absolute Gasteiger partial charge is 0.478 e. The van der Waals surface area contributed by atoms with Gasteiger partial charge in [-0.25, -0.2) is 9.18 Å². The molecular weight excluding hydrogens is 183 g/mol. The van der Waals surface area contributed by atoms with E-state index in [-0.39, 0.29) is 5.56 Å². The lowest BCUT2D eigenvalue weighted by molar-refractivity contribution is -0.131. The number of rotatable bonds is 2. The number of hydrogen-bond acceptors (Lipinski definition) is 1. The molecule has 3 heteroatoms. The molecule has 0 aromatic heterocycles. The Balaban J connectivity index is 3.19. The number of terminal acetylenes is 1. The molecule has 0 atom stereocenters. The maximum Gasteiger partial charge on any atom is 0.328 e. The fraction of sp³-hybridized carbons (Fsp3) is 0. The zero-order valence-corrected chi connectivity index (χ0v) is 7.20. The Hall–Kier alpha value is -2.08. The normalized spacial score (nSPS) is 10.0. The summed E-state index contributed by atoms with van der Waals surface area (Å²) >= 11 is 0. The van der Waals surface area contributed by atoms with Crippen molar-refractivity contribution in [3.63, 3.8) is 0 Å². The van der Waals surface area contributed by atoms with Crippen molar-refractivity contribution in [2.24, 2.45) is 0 Å². The third-order valence-corrected chi connectivity index (χ3v) is 1.60. The van der Waals surface area contributed by atoms with E-state index in [1.165, 1.54) is 12.1 Å². The highest BCUT2D eigenvalue weighted by molar-refractivity contribution is 5.85. The Morgan fingerprint density at radius 3 is 2.86 bits per heavy atom. The number of carboxylic acids is 1. The Bertz CT molecular complexity index is 427. The average molecular weight is 190 g/mol. The second kappa shape index (κ2) is 4.24. The first-order valence-electron chi connectivity index (χ1n) is 3.81. The molecule has 14 heavy (non-hydrogen) atoms. The first-order valence-corrected chi connectivity index (χ1v) is 3.81. The van der Waals surface area contributed by atoms with Crippen LogP contribution in [0.4, 0.5) is 4.39 Å². The van der Waals surface area contributed by atoms with Gasteiger partial charge in [0, 0.05) is 17.2 Å². The first kappa shape index (κ1) is 10.0. The highest BCUT2D eigenvalue weighted by Crippen LogP contribution is 2.14. The SMILES string of the molecule is C#Cc1cccc(F)c1/C=C/C(=O)O. The summed E-state index contributed by atoms with van der Waals surface area (Å²) in [4.78, 5) is 10.2. The molecule has 0 radical (unpaired) electrons. The number of carbonyl (C=O) groups is 1. The van der Waals surface area contributed by atoms with Gasteiger partial charge in [0.2, 0.25) is 0 Å². The van der Waals surface area contributed by atoms with Crippen LogP contribution in [0.15, 0.2) is 24.3 Å². The second-order valence-electron chi connectivity index (χ2n) is 2.52. The summed E-state index contributed by atoms with van der Waals surface area (Å²) in [6.07, 6.45) is 7.12. The molecule has 0 unspecified atom stereocenters. The van der Waals surface area contributed by atoms with Crippen molar-refractivity contribution < 1.29 is 14.3 Å². The fourth-order valence-electron chi connectivity index (χ4n) is 0.987. The van der Waals surface area contributed by atoms with Crippen LogP contribution < -0.4 is 0 Å². The Morgan fingerprint density at radius 1 is 1.57 bits per heavy atom. The number of hydrogen-bond donors (Lipinski definition) is 1. The van der Waals surface area contributed by atoms with Crippen LogP contribution in [0.3, 0.4) is 0 Å². The van der Waals surface area contributed by atoms with Crippen LogP contribution in [0, 0.1) is 18.2 Å². The van der Waals surface area contributed by atoms with Gasteiger partial charge in [-0.1, -0.05) is 12.0 Å². The van der Waals surface area contributed by atoms with Gasteiger partial charge in [-0.3, -0.25) is 0 Å². The number of carboxylic acid groups (broad SMARTS) is 1. The molecule has 0 aliphatic carbocycles. The number of benzene rings is 1. The molecule has 1 aromatic rings. The summed E-state index contributed by atoms with van der Waals surface area (Å²) in [7, 11) is 0. The van der Waals surface area contributed by atoms with Crippen molar-refractivity contribution in [2.45, 2.75) is 0 Å². The van der Waals surface area contributed by atoms with Gasteiger partial charge in [0.25, 0.3) is 0 Å². The third kappa shape index (κ3) is 2.20. The molecule has 0 spiro atoms. The van der Waals surface area contributed by atoms with E-state index >= 15 is 0 Å². The minimum atomic E-state index is -1.14. The van der Waals surface area contributed by atoms with Crippen LogP contribution in [0.25, 0.3) is 6.08 Å². The fourth-order valence-corrected chi connectivity index (χ4v) is 0.987. The average Bonchev–Trinajstić information content (AvgIpc) is 2.15. The lowest BCUT2D eigenvalue weighted by Gasteiger charge is -1.99. The second-order valence-corrected chi connectivity index (χ2v) is 2.52. The zero-order chi connectivity index (χ0) is 10.6. The van der Waals surface area contributed by atoms with Gasteiger partial charge in [0.05, 0.1) is 0 Å². The van der Waals surface area contributed by atoms with Crippen LogP contribution in [-0.2, 0) is 4.79 Å². The Kier molecular flexibility index (Phi) is 3.03. The van der Waals surface area contributed by atoms with Crippen LogP contribution in [-0.4, -0.2) is 11.1 Å². The van der Waals surface area contributed by atoms with Crippen molar-refractivity contribution in [1.82, 2.24) is 0 Å². The summed E-state index contributed by atoms with van der Waals surface area (Å²) < 4.78 is 13.1. The molecule has 0 saturated heterocycles. The molecule has 0 heterocycles. The molecule has 2 nitrogen and oxygen atoms in total. The zero-order valence-electron chi connectivity index (χ0n) is 7.20. The van der Waals surface area contributed by atoms with Crippen molar-refractivity contribution in [3.05, 3.63) is 41.2 Å². The topological polar surface area (TPSA) is 37.3 Å². The molecule has 0 fully saturated rings. The maximum absolute atomic E-state index is 13.1. The van der Waals surface area contributed by atoms with E-state index in [1.54, 1.807) is 6.07 Å². The molecule has 0 aliphatic heterocycles. The van der Waals surface area contributed by atoms with Crippen molar-refractivity contribution in [3.8, 4) is 12.3 Å². The minimum absolute atomic E-state index is 0.123. The van der Waals surface area contributed by atoms with Gasteiger partial charge in [-0.2, -0.15) is 0 Å². The van der Waals surface area contributed by atoms with Crippen molar-refractivity contribution >= 4 is 12.0 Å². The van der Waals surface area contributed by atoms with Crippen LogP contribution >= 0.6 is 0 Å². The van der Waals surface area contributed by atoms with Gasteiger partial charge in [0.15, 0.2) is 0 Å². The van der Waals surface area contributed by atoms with Gasteiger partial charge in [-0.15, -0.1) is 6.42 Å². The molecule has 0 bridgehead atoms. The third-order valence-electron chi connectivity index (χ3n) is 1.60. The smallest absolute Gasteiger partial charge is 0.328 e. The van der Waals surface area contributed by atoms with E-state index in [9.17, 15) is 9.18 Å². The van der Waals surface area contributed by atoms with Crippen molar-refractivity contribution in [2.75, 3.05) is 0 Å². The summed E-state index contributed by atoms with van der Waals surface area (Å²) in [6.45, 7) is 0. The van der Waals surface area contributed by atoms with Gasteiger partial charge in [0.1, 0.15) is 5.82 Å². The standard InChI is InChI=1S/C11H7FO2/c1-2-8-4-3-5-10(12)9(8)6-7-11(13)14/h1,3-7H,(H,13,14)/b7-6+. The predicted octanol–water partition coefficient (Wildman–Crippen LogP) is 1.90. The number of halogens is 1. The van der Waals surface area contributed by atoms with Gasteiger partial charge >= 0.3 is 5.97 Å². The van der Waals surface area contributed by atoms with Crippen molar-refractivity contribution in [1.29, 1.82) is 0 Å². The van der Waals surface area contributed by atoms with E-state index in [1.807, 2.05) is 0 Å². The van der Waals surface area contributed by atoms with Gasteiger partial charge in [-0.05, 0) is 18.2 Å². The highest BCUT2D eigenvalue weighted by atomic mass is 19.1. The summed E-state index contributed by atoms with van der Waals surface area (Å²) in [6, 6.07) is 4.25. The number of aliphatic carboxylic acids is 1. The molecular formula is C11H7FO2. The van der Waals surface area contributed by atoms with E-state index in [2.05, 4.69) is 5.92 Å². The lowest BCUT2D eigenvalue weighted by Crippen LogP contribution is -1.90. The molecule has 0 aliphatic rings. The molecule has 70 valence electrons. The van der Waals surface area contributed by atoms with E-state index in [0.29, 0.717) is 5.56 Å². The van der Waals surface area contributed by atoms with E-state index in [0.717, 1.165) is 12.2 Å². The minimum Gasteiger partial charge on any atom is -0.478 e. The van der Waals surface area contributed by atoms with Gasteiger partial charge < -0.3 is 5.11 Å². The van der Waals surface area contributed by atoms with Crippen LogP contribution in [0.2, 0.25) is 0 Å². The molecule has 1 N–H and O–H groups in total. The molecule has 0 amide bonds. The summed E-state index contributed by atoms with van der Waals surface area (Å²) in [5, 5.41) is 8.37. The first-order chi connectivity index (χ1) is 6.65. The van der Waals surface area contributed by atoms with E-state index in [4.69, 9.17) is 11.5 Å². The van der Waals surface area contributed by atoms with Crippen LogP contribution in [0.1, 0.15) is 11.1 Å². The Labute approximate surface area is 80.7 Å².